The molecular formula is C18H25N3O3. The van der Waals surface area contributed by atoms with E-state index in [0.717, 1.165) is 37.5 Å². The van der Waals surface area contributed by atoms with E-state index < -0.39 is 0 Å². The Morgan fingerprint density at radius 2 is 2.21 bits per heavy atom. The van der Waals surface area contributed by atoms with Crippen LogP contribution in [-0.4, -0.2) is 48.0 Å². The predicted octanol–water partition coefficient (Wildman–Crippen LogP) is 2.47. The number of rotatable bonds is 7. The van der Waals surface area contributed by atoms with Crippen molar-refractivity contribution in [3.63, 3.8) is 0 Å². The van der Waals surface area contributed by atoms with Crippen LogP contribution in [0.2, 0.25) is 0 Å². The molecule has 1 aliphatic rings. The number of ether oxygens (including phenoxy) is 2. The molecule has 2 aromatic rings. The third-order valence-corrected chi connectivity index (χ3v) is 4.40. The predicted molar refractivity (Wildman–Crippen MR) is 89.9 cm³/mol. The fraction of sp³-hybridized carbons (Fsp3) is 0.556. The van der Waals surface area contributed by atoms with Crippen LogP contribution in [0.25, 0.3) is 0 Å². The molecule has 0 aliphatic carbocycles. The van der Waals surface area contributed by atoms with Gasteiger partial charge in [-0.05, 0) is 19.4 Å². The SMILES string of the molecule is CCOc1ccc(CN2C[C@@H](Cc3cc(C)no3)[C@@H](OC)C2)cn1. The van der Waals surface area contributed by atoms with Gasteiger partial charge >= 0.3 is 0 Å². The van der Waals surface area contributed by atoms with E-state index in [1.165, 1.54) is 5.56 Å². The van der Waals surface area contributed by atoms with Crippen LogP contribution in [0.15, 0.2) is 28.9 Å². The van der Waals surface area contributed by atoms with E-state index in [-0.39, 0.29) is 6.10 Å². The number of hydrogen-bond acceptors (Lipinski definition) is 6. The minimum atomic E-state index is 0.214. The molecule has 2 atom stereocenters. The van der Waals surface area contributed by atoms with Gasteiger partial charge in [0.25, 0.3) is 0 Å². The second kappa shape index (κ2) is 7.77. The zero-order chi connectivity index (χ0) is 16.9. The molecule has 0 amide bonds. The largest absolute Gasteiger partial charge is 0.478 e. The number of pyridine rings is 1. The lowest BCUT2D eigenvalue weighted by atomic mass is 10.0. The first-order valence-electron chi connectivity index (χ1n) is 8.43. The van der Waals surface area contributed by atoms with Crippen molar-refractivity contribution in [2.24, 2.45) is 5.92 Å². The summed E-state index contributed by atoms with van der Waals surface area (Å²) in [6.45, 7) is 7.30. The molecule has 0 spiro atoms. The summed E-state index contributed by atoms with van der Waals surface area (Å²) in [6.07, 6.45) is 2.96. The van der Waals surface area contributed by atoms with E-state index in [1.807, 2.05) is 32.2 Å². The van der Waals surface area contributed by atoms with Gasteiger partial charge in [-0.25, -0.2) is 4.98 Å². The van der Waals surface area contributed by atoms with Crippen molar-refractivity contribution in [2.45, 2.75) is 32.9 Å². The van der Waals surface area contributed by atoms with Crippen molar-refractivity contribution < 1.29 is 14.0 Å². The lowest BCUT2D eigenvalue weighted by Gasteiger charge is -2.15. The molecule has 6 nitrogen and oxygen atoms in total. The lowest BCUT2D eigenvalue weighted by Crippen LogP contribution is -2.23. The molecule has 0 saturated carbocycles. The molecule has 0 bridgehead atoms. The van der Waals surface area contributed by atoms with E-state index >= 15 is 0 Å². The summed E-state index contributed by atoms with van der Waals surface area (Å²) in [5.74, 6) is 2.03. The molecule has 1 saturated heterocycles. The molecule has 3 rings (SSSR count). The Morgan fingerprint density at radius 1 is 1.33 bits per heavy atom. The maximum Gasteiger partial charge on any atom is 0.213 e. The van der Waals surface area contributed by atoms with Gasteiger partial charge in [-0.3, -0.25) is 4.90 Å². The molecule has 0 aromatic carbocycles. The Hall–Kier alpha value is -1.92. The molecule has 0 N–H and O–H groups in total. The summed E-state index contributed by atoms with van der Waals surface area (Å²) in [5, 5.41) is 3.97. The van der Waals surface area contributed by atoms with Crippen molar-refractivity contribution in [1.82, 2.24) is 15.0 Å². The second-order valence-corrected chi connectivity index (χ2v) is 6.30. The number of likely N-dealkylation sites (tertiary alicyclic amines) is 1. The average molecular weight is 331 g/mol. The molecule has 1 aliphatic heterocycles. The number of aromatic nitrogens is 2. The van der Waals surface area contributed by atoms with Crippen LogP contribution in [-0.2, 0) is 17.7 Å². The average Bonchev–Trinajstić information content (AvgIpc) is 3.16. The summed E-state index contributed by atoms with van der Waals surface area (Å²) in [7, 11) is 1.78. The number of methoxy groups -OCH3 is 1. The van der Waals surface area contributed by atoms with Crippen LogP contribution in [0, 0.1) is 12.8 Å². The van der Waals surface area contributed by atoms with Gasteiger partial charge in [-0.2, -0.15) is 0 Å². The Kier molecular flexibility index (Phi) is 5.48. The first kappa shape index (κ1) is 16.9. The summed E-state index contributed by atoms with van der Waals surface area (Å²) >= 11 is 0. The Bertz CT molecular complexity index is 641. The van der Waals surface area contributed by atoms with Crippen LogP contribution in [0.5, 0.6) is 5.88 Å². The van der Waals surface area contributed by atoms with Crippen molar-refractivity contribution in [3.05, 3.63) is 41.4 Å². The van der Waals surface area contributed by atoms with E-state index in [9.17, 15) is 0 Å². The minimum Gasteiger partial charge on any atom is -0.478 e. The van der Waals surface area contributed by atoms with Gasteiger partial charge in [0.15, 0.2) is 0 Å². The standard InChI is InChI=1S/C18H25N3O3/c1-4-23-18-6-5-14(9-19-18)10-21-11-15(17(12-21)22-3)8-16-7-13(2)20-24-16/h5-7,9,15,17H,4,8,10-12H2,1-3H3/t15-,17+/m1/s1. The maximum absolute atomic E-state index is 5.68. The van der Waals surface area contributed by atoms with Crippen LogP contribution in [0.3, 0.4) is 0 Å². The monoisotopic (exact) mass is 331 g/mol. The molecule has 24 heavy (non-hydrogen) atoms. The molecule has 130 valence electrons. The van der Waals surface area contributed by atoms with Gasteiger partial charge in [0.05, 0.1) is 18.4 Å². The van der Waals surface area contributed by atoms with E-state index in [2.05, 4.69) is 21.1 Å². The van der Waals surface area contributed by atoms with Crippen LogP contribution < -0.4 is 4.74 Å². The molecule has 2 aromatic heterocycles. The third kappa shape index (κ3) is 4.13. The van der Waals surface area contributed by atoms with Crippen molar-refractivity contribution in [1.29, 1.82) is 0 Å². The van der Waals surface area contributed by atoms with Gasteiger partial charge < -0.3 is 14.0 Å². The highest BCUT2D eigenvalue weighted by Gasteiger charge is 2.33. The zero-order valence-corrected chi connectivity index (χ0v) is 14.6. The highest BCUT2D eigenvalue weighted by molar-refractivity contribution is 5.18. The zero-order valence-electron chi connectivity index (χ0n) is 14.6. The lowest BCUT2D eigenvalue weighted by molar-refractivity contribution is 0.0761. The van der Waals surface area contributed by atoms with Crippen molar-refractivity contribution in [2.75, 3.05) is 26.8 Å². The van der Waals surface area contributed by atoms with Crippen molar-refractivity contribution >= 4 is 0 Å². The van der Waals surface area contributed by atoms with E-state index in [1.54, 1.807) is 7.11 Å². The maximum atomic E-state index is 5.68. The fourth-order valence-electron chi connectivity index (χ4n) is 3.29. The second-order valence-electron chi connectivity index (χ2n) is 6.30. The summed E-state index contributed by atoms with van der Waals surface area (Å²) in [6, 6.07) is 6.01. The highest BCUT2D eigenvalue weighted by Crippen LogP contribution is 2.25. The normalized spacial score (nSPS) is 21.3. The fourth-order valence-corrected chi connectivity index (χ4v) is 3.29. The summed E-state index contributed by atoms with van der Waals surface area (Å²) < 4.78 is 16.4. The topological polar surface area (TPSA) is 60.6 Å². The Morgan fingerprint density at radius 3 is 2.83 bits per heavy atom. The van der Waals surface area contributed by atoms with Gasteiger partial charge in [-0.1, -0.05) is 11.2 Å². The Labute approximate surface area is 142 Å². The first-order chi connectivity index (χ1) is 11.7. The van der Waals surface area contributed by atoms with E-state index in [4.69, 9.17) is 14.0 Å². The molecule has 6 heteroatoms. The van der Waals surface area contributed by atoms with Crippen molar-refractivity contribution in [3.8, 4) is 5.88 Å². The molecule has 3 heterocycles. The smallest absolute Gasteiger partial charge is 0.213 e. The van der Waals surface area contributed by atoms with Gasteiger partial charge in [0, 0.05) is 57.4 Å². The molecular weight excluding hydrogens is 306 g/mol. The van der Waals surface area contributed by atoms with Gasteiger partial charge in [0.2, 0.25) is 5.88 Å². The summed E-state index contributed by atoms with van der Waals surface area (Å²) in [5.41, 5.74) is 2.11. The number of nitrogens with zero attached hydrogens (tertiary/aromatic N) is 3. The highest BCUT2D eigenvalue weighted by atomic mass is 16.5. The van der Waals surface area contributed by atoms with Gasteiger partial charge in [0.1, 0.15) is 5.76 Å². The quantitative estimate of drug-likeness (QED) is 0.777. The van der Waals surface area contributed by atoms with Gasteiger partial charge in [-0.15, -0.1) is 0 Å². The molecule has 1 fully saturated rings. The molecule has 0 radical (unpaired) electrons. The van der Waals surface area contributed by atoms with Crippen LogP contribution in [0.1, 0.15) is 23.9 Å². The molecule has 0 unspecified atom stereocenters. The number of aryl methyl sites for hydroxylation is 1. The summed E-state index contributed by atoms with van der Waals surface area (Å²) in [4.78, 5) is 6.74. The van der Waals surface area contributed by atoms with Crippen LogP contribution in [0.4, 0.5) is 0 Å². The minimum absolute atomic E-state index is 0.214. The third-order valence-electron chi connectivity index (χ3n) is 4.40. The Balaban J connectivity index is 1.59. The van der Waals surface area contributed by atoms with Crippen LogP contribution >= 0.6 is 0 Å². The van der Waals surface area contributed by atoms with E-state index in [0.29, 0.717) is 18.4 Å². The number of hydrogen-bond donors (Lipinski definition) is 0. The first-order valence-corrected chi connectivity index (χ1v) is 8.43.